The van der Waals surface area contributed by atoms with Gasteiger partial charge in [0.2, 0.25) is 5.88 Å². The van der Waals surface area contributed by atoms with Crippen LogP contribution in [0, 0.1) is 0 Å². The maximum absolute atomic E-state index is 6.14. The minimum atomic E-state index is 0.290. The Kier molecular flexibility index (Phi) is 5.64. The van der Waals surface area contributed by atoms with E-state index < -0.39 is 0 Å². The van der Waals surface area contributed by atoms with Gasteiger partial charge in [0.25, 0.3) is 0 Å². The lowest BCUT2D eigenvalue weighted by molar-refractivity contribution is 0.0836. The fourth-order valence-electron chi connectivity index (χ4n) is 2.65. The van der Waals surface area contributed by atoms with E-state index in [0.717, 1.165) is 51.2 Å². The fourth-order valence-corrected chi connectivity index (χ4v) is 2.65. The van der Waals surface area contributed by atoms with Crippen molar-refractivity contribution in [1.29, 1.82) is 0 Å². The normalized spacial score (nSPS) is 18.2. The average Bonchev–Trinajstić information content (AvgIpc) is 2.48. The summed E-state index contributed by atoms with van der Waals surface area (Å²) in [6.07, 6.45) is 7.56. The van der Waals surface area contributed by atoms with Gasteiger partial charge in [-0.1, -0.05) is 26.3 Å². The van der Waals surface area contributed by atoms with E-state index in [-0.39, 0.29) is 0 Å². The smallest absolute Gasteiger partial charge is 0.217 e. The van der Waals surface area contributed by atoms with E-state index in [4.69, 9.17) is 9.47 Å². The van der Waals surface area contributed by atoms with Crippen molar-refractivity contribution >= 4 is 0 Å². The van der Waals surface area contributed by atoms with E-state index in [2.05, 4.69) is 24.9 Å². The van der Waals surface area contributed by atoms with Crippen molar-refractivity contribution in [3.05, 3.63) is 23.9 Å². The molecule has 0 aromatic carbocycles. The highest BCUT2D eigenvalue weighted by atomic mass is 16.5. The quantitative estimate of drug-likeness (QED) is 0.779. The summed E-state index contributed by atoms with van der Waals surface area (Å²) in [7, 11) is 0. The molecule has 2 rings (SSSR count). The number of ether oxygens (including phenoxy) is 2. The second-order valence-electron chi connectivity index (χ2n) is 5.22. The highest BCUT2D eigenvalue weighted by Crippen LogP contribution is 2.32. The van der Waals surface area contributed by atoms with E-state index in [0.29, 0.717) is 12.0 Å². The molecule has 1 atom stereocenters. The summed E-state index contributed by atoms with van der Waals surface area (Å²) in [5.41, 5.74) is 1.26. The zero-order valence-corrected chi connectivity index (χ0v) is 12.1. The van der Waals surface area contributed by atoms with Crippen LogP contribution in [0.1, 0.15) is 57.4 Å². The Hall–Kier alpha value is -1.09. The van der Waals surface area contributed by atoms with Crippen molar-refractivity contribution in [2.45, 2.75) is 58.0 Å². The number of rotatable bonds is 6. The van der Waals surface area contributed by atoms with Crippen LogP contribution >= 0.6 is 0 Å². The van der Waals surface area contributed by atoms with Gasteiger partial charge in [0, 0.05) is 25.0 Å². The van der Waals surface area contributed by atoms with Crippen molar-refractivity contribution in [1.82, 2.24) is 4.98 Å². The third kappa shape index (κ3) is 3.93. The van der Waals surface area contributed by atoms with Gasteiger partial charge in [0.05, 0.1) is 0 Å². The van der Waals surface area contributed by atoms with E-state index in [1.807, 2.05) is 12.3 Å². The Labute approximate surface area is 116 Å². The molecule has 1 aromatic heterocycles. The molecular weight excluding hydrogens is 238 g/mol. The average molecular weight is 263 g/mol. The van der Waals surface area contributed by atoms with Gasteiger partial charge in [-0.3, -0.25) is 0 Å². The molecule has 0 saturated carbocycles. The largest absolute Gasteiger partial charge is 0.474 e. The number of pyridine rings is 1. The molecule has 1 saturated heterocycles. The molecule has 0 amide bonds. The summed E-state index contributed by atoms with van der Waals surface area (Å²) in [4.78, 5) is 4.46. The second-order valence-corrected chi connectivity index (χ2v) is 5.22. The van der Waals surface area contributed by atoms with E-state index in [9.17, 15) is 0 Å². The predicted octanol–water partition coefficient (Wildman–Crippen LogP) is 3.93. The molecule has 0 spiro atoms. The van der Waals surface area contributed by atoms with Gasteiger partial charge in [-0.25, -0.2) is 4.98 Å². The number of nitrogens with zero attached hydrogens (tertiary/aromatic N) is 1. The standard InChI is InChI=1S/C16H25NO2/c1-3-6-14(4-2)19-16-15(7-5-10-17-16)13-8-11-18-12-9-13/h5,7,10,13-14H,3-4,6,8-9,11-12H2,1-2H3. The summed E-state index contributed by atoms with van der Waals surface area (Å²) in [6.45, 7) is 6.08. The van der Waals surface area contributed by atoms with Crippen LogP contribution in [-0.2, 0) is 4.74 Å². The molecular formula is C16H25NO2. The monoisotopic (exact) mass is 263 g/mol. The van der Waals surface area contributed by atoms with Crippen molar-refractivity contribution < 1.29 is 9.47 Å². The first-order valence-corrected chi connectivity index (χ1v) is 7.54. The summed E-state index contributed by atoms with van der Waals surface area (Å²) < 4.78 is 11.6. The summed E-state index contributed by atoms with van der Waals surface area (Å²) >= 11 is 0. The molecule has 0 bridgehead atoms. The van der Waals surface area contributed by atoms with Crippen molar-refractivity contribution in [3.63, 3.8) is 0 Å². The SMILES string of the molecule is CCCC(CC)Oc1ncccc1C1CCOCC1. The Morgan fingerprint density at radius 3 is 2.84 bits per heavy atom. The lowest BCUT2D eigenvalue weighted by Crippen LogP contribution is -2.19. The zero-order valence-electron chi connectivity index (χ0n) is 12.1. The lowest BCUT2D eigenvalue weighted by Gasteiger charge is -2.25. The number of hydrogen-bond acceptors (Lipinski definition) is 3. The molecule has 1 unspecified atom stereocenters. The molecule has 1 aliphatic heterocycles. The van der Waals surface area contributed by atoms with Crippen LogP contribution in [0.5, 0.6) is 5.88 Å². The van der Waals surface area contributed by atoms with Crippen LogP contribution in [0.2, 0.25) is 0 Å². The van der Waals surface area contributed by atoms with Crippen molar-refractivity contribution in [2.75, 3.05) is 13.2 Å². The first kappa shape index (κ1) is 14.3. The summed E-state index contributed by atoms with van der Waals surface area (Å²) in [5.74, 6) is 1.38. The third-order valence-electron chi connectivity index (χ3n) is 3.81. The highest BCUT2D eigenvalue weighted by Gasteiger charge is 2.21. The van der Waals surface area contributed by atoms with Crippen LogP contribution in [0.4, 0.5) is 0 Å². The molecule has 3 heteroatoms. The van der Waals surface area contributed by atoms with Crippen molar-refractivity contribution in [3.8, 4) is 5.88 Å². The Bertz CT molecular complexity index is 375. The lowest BCUT2D eigenvalue weighted by atomic mass is 9.92. The molecule has 19 heavy (non-hydrogen) atoms. The van der Waals surface area contributed by atoms with E-state index in [1.54, 1.807) is 0 Å². The molecule has 3 nitrogen and oxygen atoms in total. The molecule has 2 heterocycles. The van der Waals surface area contributed by atoms with E-state index >= 15 is 0 Å². The van der Waals surface area contributed by atoms with Gasteiger partial charge in [0.15, 0.2) is 0 Å². The number of hydrogen-bond donors (Lipinski definition) is 0. The predicted molar refractivity (Wildman–Crippen MR) is 76.6 cm³/mol. The molecule has 1 aliphatic rings. The Morgan fingerprint density at radius 1 is 1.37 bits per heavy atom. The molecule has 0 N–H and O–H groups in total. The zero-order chi connectivity index (χ0) is 13.5. The molecule has 0 aliphatic carbocycles. The van der Waals surface area contributed by atoms with Gasteiger partial charge in [-0.15, -0.1) is 0 Å². The Morgan fingerprint density at radius 2 is 2.16 bits per heavy atom. The van der Waals surface area contributed by atoms with Gasteiger partial charge in [-0.05, 0) is 37.7 Å². The minimum Gasteiger partial charge on any atom is -0.474 e. The molecule has 1 fully saturated rings. The summed E-state index contributed by atoms with van der Waals surface area (Å²) in [5, 5.41) is 0. The summed E-state index contributed by atoms with van der Waals surface area (Å²) in [6, 6.07) is 4.18. The van der Waals surface area contributed by atoms with Gasteiger partial charge < -0.3 is 9.47 Å². The third-order valence-corrected chi connectivity index (χ3v) is 3.81. The van der Waals surface area contributed by atoms with Gasteiger partial charge in [-0.2, -0.15) is 0 Å². The fraction of sp³-hybridized carbons (Fsp3) is 0.688. The molecule has 0 radical (unpaired) electrons. The van der Waals surface area contributed by atoms with Crippen molar-refractivity contribution in [2.24, 2.45) is 0 Å². The van der Waals surface area contributed by atoms with Crippen LogP contribution in [0.3, 0.4) is 0 Å². The topological polar surface area (TPSA) is 31.4 Å². The molecule has 1 aromatic rings. The highest BCUT2D eigenvalue weighted by molar-refractivity contribution is 5.30. The first-order chi connectivity index (χ1) is 9.35. The first-order valence-electron chi connectivity index (χ1n) is 7.54. The maximum Gasteiger partial charge on any atom is 0.217 e. The maximum atomic E-state index is 6.14. The van der Waals surface area contributed by atoms with Gasteiger partial charge >= 0.3 is 0 Å². The van der Waals surface area contributed by atoms with Gasteiger partial charge in [0.1, 0.15) is 6.10 Å². The number of aromatic nitrogens is 1. The van der Waals surface area contributed by atoms with Crippen LogP contribution < -0.4 is 4.74 Å². The molecule has 106 valence electrons. The second kappa shape index (κ2) is 7.49. The minimum absolute atomic E-state index is 0.290. The van der Waals surface area contributed by atoms with Crippen LogP contribution in [0.25, 0.3) is 0 Å². The van der Waals surface area contributed by atoms with Crippen LogP contribution in [-0.4, -0.2) is 24.3 Å². The van der Waals surface area contributed by atoms with E-state index in [1.165, 1.54) is 5.56 Å². The Balaban J connectivity index is 2.10. The van der Waals surface area contributed by atoms with Crippen LogP contribution in [0.15, 0.2) is 18.3 Å².